The van der Waals surface area contributed by atoms with Crippen molar-refractivity contribution in [2.45, 2.75) is 83.3 Å². The number of alkyl halides is 2. The first-order chi connectivity index (χ1) is 17.1. The Hall–Kier alpha value is -2.68. The summed E-state index contributed by atoms with van der Waals surface area (Å²) in [5.41, 5.74) is 1.29. The van der Waals surface area contributed by atoms with E-state index >= 15 is 0 Å². The predicted molar refractivity (Wildman–Crippen MR) is 135 cm³/mol. The molecule has 1 unspecified atom stereocenters. The number of aliphatic hydroxyl groups is 1. The molecule has 2 amide bonds. The van der Waals surface area contributed by atoms with E-state index in [0.29, 0.717) is 36.2 Å². The van der Waals surface area contributed by atoms with Crippen LogP contribution in [0.3, 0.4) is 0 Å². The average Bonchev–Trinajstić information content (AvgIpc) is 2.84. The minimum absolute atomic E-state index is 0.0857. The van der Waals surface area contributed by atoms with Crippen LogP contribution >= 0.6 is 0 Å². The van der Waals surface area contributed by atoms with Crippen LogP contribution in [-0.2, 0) is 4.79 Å². The number of carbonyl (C=O) groups is 2. The second-order valence-electron chi connectivity index (χ2n) is 10.5. The fraction of sp³-hybridized carbons (Fsp3) is 0.630. The van der Waals surface area contributed by atoms with Crippen LogP contribution in [0.15, 0.2) is 30.5 Å². The molecule has 1 aliphatic rings. The molecule has 1 aromatic heterocycles. The van der Waals surface area contributed by atoms with Crippen LogP contribution in [0.1, 0.15) is 75.7 Å². The van der Waals surface area contributed by atoms with E-state index in [1.165, 1.54) is 6.20 Å². The van der Waals surface area contributed by atoms with Crippen molar-refractivity contribution < 1.29 is 23.5 Å². The summed E-state index contributed by atoms with van der Waals surface area (Å²) in [5.74, 6) is -3.84. The molecule has 9 heteroatoms. The van der Waals surface area contributed by atoms with Crippen LogP contribution in [-0.4, -0.2) is 52.0 Å². The molecule has 4 atom stereocenters. The third-order valence-electron chi connectivity index (χ3n) is 7.03. The monoisotopic (exact) mass is 504 g/mol. The van der Waals surface area contributed by atoms with E-state index in [4.69, 9.17) is 0 Å². The molecular weight excluding hydrogens is 466 g/mol. The van der Waals surface area contributed by atoms with Gasteiger partial charge in [0.25, 0.3) is 5.91 Å². The smallest absolute Gasteiger partial charge is 0.271 e. The van der Waals surface area contributed by atoms with Crippen LogP contribution in [0.4, 0.5) is 8.78 Å². The van der Waals surface area contributed by atoms with E-state index in [1.54, 1.807) is 25.2 Å². The molecule has 0 radical (unpaired) electrons. The van der Waals surface area contributed by atoms with Crippen LogP contribution < -0.4 is 10.6 Å². The number of aromatic nitrogens is 2. The quantitative estimate of drug-likeness (QED) is 0.418. The van der Waals surface area contributed by atoms with Crippen LogP contribution in [0, 0.1) is 17.8 Å². The molecular formula is C27H38F2N4O3. The largest absolute Gasteiger partial charge is 0.391 e. The Bertz CT molecular complexity index is 1030. The molecule has 1 saturated carbocycles. The molecule has 2 aromatic rings. The van der Waals surface area contributed by atoms with Crippen molar-refractivity contribution >= 4 is 22.8 Å². The molecule has 1 aliphatic carbocycles. The predicted octanol–water partition coefficient (Wildman–Crippen LogP) is 4.49. The van der Waals surface area contributed by atoms with Crippen molar-refractivity contribution in [1.82, 2.24) is 20.6 Å². The third kappa shape index (κ3) is 7.91. The van der Waals surface area contributed by atoms with Crippen molar-refractivity contribution in [3.8, 4) is 0 Å². The zero-order valence-corrected chi connectivity index (χ0v) is 21.3. The minimum atomic E-state index is -2.74. The Balaban J connectivity index is 1.79. The standard InChI is InChI=1S/C27H38F2N4O3/c1-17(2)10-11-19(25(35)30-3)14-24(34)22(13-18-7-6-12-27(28,29)15-18)33-26(36)23-16-31-20-8-4-5-9-21(20)32-23/h4-5,8-9,16-19,22,24,34H,6-7,10-15H2,1-3H3,(H,30,35)(H,33,36)/t18?,19-,22+,24+/m1/s1. The van der Waals surface area contributed by atoms with E-state index in [-0.39, 0.29) is 43.2 Å². The first-order valence-corrected chi connectivity index (χ1v) is 12.9. The molecule has 0 aliphatic heterocycles. The summed E-state index contributed by atoms with van der Waals surface area (Å²) in [6.45, 7) is 4.13. The number of hydrogen-bond donors (Lipinski definition) is 3. The maximum atomic E-state index is 14.1. The number of amides is 2. The first kappa shape index (κ1) is 27.9. The lowest BCUT2D eigenvalue weighted by Gasteiger charge is -2.34. The molecule has 3 rings (SSSR count). The summed E-state index contributed by atoms with van der Waals surface area (Å²) >= 11 is 0. The summed E-state index contributed by atoms with van der Waals surface area (Å²) in [5, 5.41) is 16.7. The lowest BCUT2D eigenvalue weighted by atomic mass is 9.80. The topological polar surface area (TPSA) is 104 Å². The van der Waals surface area contributed by atoms with Gasteiger partial charge in [-0.1, -0.05) is 32.4 Å². The number of benzene rings is 1. The highest BCUT2D eigenvalue weighted by atomic mass is 19.3. The van der Waals surface area contributed by atoms with E-state index in [9.17, 15) is 23.5 Å². The SMILES string of the molecule is CNC(=O)[C@H](CCC(C)C)C[C@H](O)[C@H](CC1CCCC(F)(F)C1)NC(=O)c1cnc2ccccc2n1. The Morgan fingerprint density at radius 1 is 1.19 bits per heavy atom. The van der Waals surface area contributed by atoms with Crippen LogP contribution in [0.2, 0.25) is 0 Å². The number of aliphatic hydroxyl groups excluding tert-OH is 1. The number of hydrogen-bond acceptors (Lipinski definition) is 5. The second kappa shape index (κ2) is 12.5. The van der Waals surface area contributed by atoms with Crippen molar-refractivity contribution in [1.29, 1.82) is 0 Å². The van der Waals surface area contributed by atoms with Gasteiger partial charge in [0.15, 0.2) is 0 Å². The summed E-state index contributed by atoms with van der Waals surface area (Å²) in [4.78, 5) is 34.3. The summed E-state index contributed by atoms with van der Waals surface area (Å²) in [7, 11) is 1.55. The highest BCUT2D eigenvalue weighted by Gasteiger charge is 2.38. The Labute approximate surface area is 211 Å². The number of nitrogens with one attached hydrogen (secondary N) is 2. The molecule has 1 aromatic carbocycles. The summed E-state index contributed by atoms with van der Waals surface area (Å²) in [6.07, 6.45) is 2.63. The highest BCUT2D eigenvalue weighted by Crippen LogP contribution is 2.39. The second-order valence-corrected chi connectivity index (χ2v) is 10.5. The van der Waals surface area contributed by atoms with Gasteiger partial charge in [-0.3, -0.25) is 14.6 Å². The fourth-order valence-electron chi connectivity index (χ4n) is 5.01. The average molecular weight is 505 g/mol. The van der Waals surface area contributed by atoms with Gasteiger partial charge in [0.1, 0.15) is 5.69 Å². The fourth-order valence-corrected chi connectivity index (χ4v) is 5.01. The molecule has 0 spiro atoms. The lowest BCUT2D eigenvalue weighted by Crippen LogP contribution is -2.47. The molecule has 0 saturated heterocycles. The van der Waals surface area contributed by atoms with Gasteiger partial charge in [0.05, 0.1) is 29.4 Å². The number of rotatable bonds is 11. The van der Waals surface area contributed by atoms with Crippen LogP contribution in [0.25, 0.3) is 11.0 Å². The van der Waals surface area contributed by atoms with Gasteiger partial charge in [0.2, 0.25) is 11.8 Å². The van der Waals surface area contributed by atoms with Gasteiger partial charge >= 0.3 is 0 Å². The highest BCUT2D eigenvalue weighted by molar-refractivity contribution is 5.94. The van der Waals surface area contributed by atoms with Gasteiger partial charge in [-0.2, -0.15) is 0 Å². The van der Waals surface area contributed by atoms with E-state index < -0.39 is 29.9 Å². The molecule has 198 valence electrons. The Kier molecular flexibility index (Phi) is 9.70. The summed E-state index contributed by atoms with van der Waals surface area (Å²) < 4.78 is 28.2. The van der Waals surface area contributed by atoms with Gasteiger partial charge in [-0.15, -0.1) is 0 Å². The molecule has 1 heterocycles. The summed E-state index contributed by atoms with van der Waals surface area (Å²) in [6, 6.07) is 6.36. The maximum absolute atomic E-state index is 14.1. The minimum Gasteiger partial charge on any atom is -0.391 e. The zero-order valence-electron chi connectivity index (χ0n) is 21.3. The maximum Gasteiger partial charge on any atom is 0.271 e. The van der Waals surface area contributed by atoms with Crippen molar-refractivity contribution in [3.63, 3.8) is 0 Å². The number of carbonyl (C=O) groups excluding carboxylic acids is 2. The van der Waals surface area contributed by atoms with E-state index in [1.807, 2.05) is 6.07 Å². The normalized spacial score (nSPS) is 20.0. The van der Waals surface area contributed by atoms with Crippen LogP contribution in [0.5, 0.6) is 0 Å². The van der Waals surface area contributed by atoms with Gasteiger partial charge in [-0.05, 0) is 56.1 Å². The Morgan fingerprint density at radius 2 is 1.92 bits per heavy atom. The van der Waals surface area contributed by atoms with Crippen molar-refractivity contribution in [2.75, 3.05) is 7.05 Å². The number of nitrogens with zero attached hydrogens (tertiary/aromatic N) is 2. The third-order valence-corrected chi connectivity index (χ3v) is 7.03. The van der Waals surface area contributed by atoms with Gasteiger partial charge < -0.3 is 15.7 Å². The van der Waals surface area contributed by atoms with E-state index in [2.05, 4.69) is 34.4 Å². The zero-order chi connectivity index (χ0) is 26.3. The molecule has 1 fully saturated rings. The Morgan fingerprint density at radius 3 is 2.58 bits per heavy atom. The van der Waals surface area contributed by atoms with Crippen molar-refractivity contribution in [2.24, 2.45) is 17.8 Å². The molecule has 36 heavy (non-hydrogen) atoms. The van der Waals surface area contributed by atoms with E-state index in [0.717, 1.165) is 6.42 Å². The number of fused-ring (bicyclic) bond motifs is 1. The molecule has 3 N–H and O–H groups in total. The molecule has 0 bridgehead atoms. The molecule has 7 nitrogen and oxygen atoms in total. The lowest BCUT2D eigenvalue weighted by molar-refractivity contribution is -0.126. The number of halogens is 2. The first-order valence-electron chi connectivity index (χ1n) is 12.9. The van der Waals surface area contributed by atoms with Crippen molar-refractivity contribution in [3.05, 3.63) is 36.2 Å². The van der Waals surface area contributed by atoms with Gasteiger partial charge in [-0.25, -0.2) is 13.8 Å². The number of para-hydroxylation sites is 2. The van der Waals surface area contributed by atoms with Gasteiger partial charge in [0, 0.05) is 25.8 Å².